The molecule has 0 bridgehead atoms. The average Bonchev–Trinajstić information content (AvgIpc) is 3.07. The Kier molecular flexibility index (Phi) is 3.46. The SMILES string of the molecule is CC(C)N1CN=C2NC(c3ccccc3)n3c(nc4ccccc43)N2C1. The molecule has 0 saturated heterocycles. The van der Waals surface area contributed by atoms with Crippen LogP contribution in [0.25, 0.3) is 11.0 Å². The van der Waals surface area contributed by atoms with Crippen molar-refractivity contribution in [2.45, 2.75) is 26.1 Å². The molecule has 132 valence electrons. The number of hydrogen-bond donors (Lipinski definition) is 1. The molecule has 2 aliphatic heterocycles. The molecule has 0 spiro atoms. The van der Waals surface area contributed by atoms with Crippen LogP contribution in [0.3, 0.4) is 0 Å². The highest BCUT2D eigenvalue weighted by atomic mass is 15.5. The van der Waals surface area contributed by atoms with Gasteiger partial charge in [0.2, 0.25) is 11.9 Å². The molecule has 0 radical (unpaired) electrons. The molecule has 1 atom stereocenters. The van der Waals surface area contributed by atoms with Gasteiger partial charge in [-0.25, -0.2) is 9.98 Å². The van der Waals surface area contributed by atoms with Crippen molar-refractivity contribution in [1.82, 2.24) is 19.8 Å². The van der Waals surface area contributed by atoms with E-state index in [0.717, 1.165) is 29.6 Å². The third-order valence-corrected chi connectivity index (χ3v) is 5.17. The van der Waals surface area contributed by atoms with E-state index in [1.807, 2.05) is 12.1 Å². The number of guanidine groups is 1. The Morgan fingerprint density at radius 3 is 2.62 bits per heavy atom. The lowest BCUT2D eigenvalue weighted by atomic mass is 10.1. The van der Waals surface area contributed by atoms with Crippen LogP contribution in [-0.2, 0) is 0 Å². The molecule has 2 aliphatic rings. The summed E-state index contributed by atoms with van der Waals surface area (Å²) < 4.78 is 2.29. The second-order valence-corrected chi connectivity index (χ2v) is 7.10. The van der Waals surface area contributed by atoms with Crippen molar-refractivity contribution in [1.29, 1.82) is 0 Å². The smallest absolute Gasteiger partial charge is 0.216 e. The normalized spacial score (nSPS) is 19.9. The van der Waals surface area contributed by atoms with E-state index in [2.05, 4.69) is 76.0 Å². The van der Waals surface area contributed by atoms with Crippen molar-refractivity contribution in [3.8, 4) is 0 Å². The summed E-state index contributed by atoms with van der Waals surface area (Å²) in [5.41, 5.74) is 3.34. The van der Waals surface area contributed by atoms with Gasteiger partial charge in [-0.3, -0.25) is 14.4 Å². The summed E-state index contributed by atoms with van der Waals surface area (Å²) in [5, 5.41) is 3.64. The second kappa shape index (κ2) is 5.85. The van der Waals surface area contributed by atoms with Crippen molar-refractivity contribution >= 4 is 22.9 Å². The van der Waals surface area contributed by atoms with E-state index in [1.54, 1.807) is 0 Å². The van der Waals surface area contributed by atoms with Gasteiger partial charge in [0.15, 0.2) is 0 Å². The Hall–Kier alpha value is -2.86. The predicted octanol–water partition coefficient (Wildman–Crippen LogP) is 2.99. The first-order valence-electron chi connectivity index (χ1n) is 9.07. The number of nitrogens with one attached hydrogen (secondary N) is 1. The van der Waals surface area contributed by atoms with Gasteiger partial charge in [-0.2, -0.15) is 0 Å². The molecule has 0 saturated carbocycles. The number of rotatable bonds is 2. The molecule has 0 amide bonds. The number of fused-ring (bicyclic) bond motifs is 5. The standard InChI is InChI=1S/C20H22N6/c1-14(2)24-12-21-19-23-18(15-8-4-3-5-9-15)26-17-11-7-6-10-16(17)22-20(26)25(19)13-24/h3-11,14,18H,12-13H2,1-2H3,(H,21,23). The minimum atomic E-state index is -0.0146. The van der Waals surface area contributed by atoms with Crippen molar-refractivity contribution < 1.29 is 0 Å². The highest BCUT2D eigenvalue weighted by Crippen LogP contribution is 2.33. The van der Waals surface area contributed by atoms with Crippen molar-refractivity contribution in [3.63, 3.8) is 0 Å². The number of para-hydroxylation sites is 2. The maximum Gasteiger partial charge on any atom is 0.216 e. The van der Waals surface area contributed by atoms with Crippen LogP contribution in [0.5, 0.6) is 0 Å². The first-order valence-corrected chi connectivity index (χ1v) is 9.07. The summed E-state index contributed by atoms with van der Waals surface area (Å²) in [6.45, 7) is 5.90. The molecule has 2 aromatic carbocycles. The molecule has 1 aromatic heterocycles. The molecule has 3 heterocycles. The van der Waals surface area contributed by atoms with Gasteiger partial charge in [-0.15, -0.1) is 0 Å². The van der Waals surface area contributed by atoms with Crippen LogP contribution in [0.1, 0.15) is 25.6 Å². The fourth-order valence-electron chi connectivity index (χ4n) is 3.68. The van der Waals surface area contributed by atoms with Gasteiger partial charge in [-0.05, 0) is 31.5 Å². The van der Waals surface area contributed by atoms with E-state index < -0.39 is 0 Å². The Labute approximate surface area is 152 Å². The van der Waals surface area contributed by atoms with Crippen LogP contribution in [0.4, 0.5) is 5.95 Å². The zero-order valence-corrected chi connectivity index (χ0v) is 15.0. The molecule has 6 heteroatoms. The Bertz CT molecular complexity index is 974. The van der Waals surface area contributed by atoms with E-state index in [1.165, 1.54) is 5.56 Å². The number of nitrogens with zero attached hydrogens (tertiary/aromatic N) is 5. The number of aromatic nitrogens is 2. The zero-order chi connectivity index (χ0) is 17.7. The molecular formula is C20H22N6. The third-order valence-electron chi connectivity index (χ3n) is 5.17. The van der Waals surface area contributed by atoms with Gasteiger partial charge >= 0.3 is 0 Å². The summed E-state index contributed by atoms with van der Waals surface area (Å²) in [7, 11) is 0. The summed E-state index contributed by atoms with van der Waals surface area (Å²) in [5.74, 6) is 1.85. The van der Waals surface area contributed by atoms with Crippen LogP contribution < -0.4 is 10.2 Å². The van der Waals surface area contributed by atoms with Gasteiger partial charge < -0.3 is 5.32 Å². The summed E-state index contributed by atoms with van der Waals surface area (Å²) in [6, 6.07) is 19.2. The first kappa shape index (κ1) is 15.4. The maximum absolute atomic E-state index is 4.95. The summed E-state index contributed by atoms with van der Waals surface area (Å²) in [6.07, 6.45) is -0.0146. The van der Waals surface area contributed by atoms with Crippen LogP contribution in [0, 0.1) is 0 Å². The maximum atomic E-state index is 4.95. The summed E-state index contributed by atoms with van der Waals surface area (Å²) >= 11 is 0. The molecular weight excluding hydrogens is 324 g/mol. The molecule has 1 unspecified atom stereocenters. The van der Waals surface area contributed by atoms with Crippen LogP contribution in [0.2, 0.25) is 0 Å². The molecule has 5 rings (SSSR count). The van der Waals surface area contributed by atoms with Gasteiger partial charge in [0.25, 0.3) is 0 Å². The zero-order valence-electron chi connectivity index (χ0n) is 15.0. The van der Waals surface area contributed by atoms with E-state index in [9.17, 15) is 0 Å². The predicted molar refractivity (Wildman–Crippen MR) is 104 cm³/mol. The molecule has 0 fully saturated rings. The quantitative estimate of drug-likeness (QED) is 0.775. The van der Waals surface area contributed by atoms with Crippen molar-refractivity contribution in [3.05, 3.63) is 60.2 Å². The first-order chi connectivity index (χ1) is 12.7. The molecule has 0 aliphatic carbocycles. The fraction of sp³-hybridized carbons (Fsp3) is 0.300. The number of imidazole rings is 1. The van der Waals surface area contributed by atoms with E-state index >= 15 is 0 Å². The largest absolute Gasteiger partial charge is 0.331 e. The number of anilines is 1. The molecule has 6 nitrogen and oxygen atoms in total. The van der Waals surface area contributed by atoms with E-state index in [0.29, 0.717) is 12.7 Å². The summed E-state index contributed by atoms with van der Waals surface area (Å²) in [4.78, 5) is 14.3. The minimum Gasteiger partial charge on any atom is -0.331 e. The monoisotopic (exact) mass is 346 g/mol. The van der Waals surface area contributed by atoms with E-state index in [4.69, 9.17) is 9.98 Å². The van der Waals surface area contributed by atoms with Crippen molar-refractivity contribution in [2.24, 2.45) is 4.99 Å². The van der Waals surface area contributed by atoms with Crippen LogP contribution >= 0.6 is 0 Å². The number of aliphatic imine (C=N–C) groups is 1. The van der Waals surface area contributed by atoms with Gasteiger partial charge in [0.05, 0.1) is 24.4 Å². The van der Waals surface area contributed by atoms with Crippen LogP contribution in [-0.4, -0.2) is 39.8 Å². The van der Waals surface area contributed by atoms with E-state index in [-0.39, 0.29) is 6.17 Å². The number of hydrogen-bond acceptors (Lipinski definition) is 5. The topological polar surface area (TPSA) is 48.7 Å². The molecule has 1 N–H and O–H groups in total. The molecule has 26 heavy (non-hydrogen) atoms. The average molecular weight is 346 g/mol. The highest BCUT2D eigenvalue weighted by Gasteiger charge is 2.36. The minimum absolute atomic E-state index is 0.0146. The van der Waals surface area contributed by atoms with Crippen LogP contribution in [0.15, 0.2) is 59.6 Å². The Morgan fingerprint density at radius 1 is 1.04 bits per heavy atom. The lowest BCUT2D eigenvalue weighted by Crippen LogP contribution is -2.58. The lowest BCUT2D eigenvalue weighted by molar-refractivity contribution is 0.221. The van der Waals surface area contributed by atoms with Gasteiger partial charge in [0.1, 0.15) is 6.17 Å². The second-order valence-electron chi connectivity index (χ2n) is 7.10. The van der Waals surface area contributed by atoms with Gasteiger partial charge in [-0.1, -0.05) is 42.5 Å². The highest BCUT2D eigenvalue weighted by molar-refractivity contribution is 5.98. The third kappa shape index (κ3) is 2.29. The fourth-order valence-corrected chi connectivity index (χ4v) is 3.68. The van der Waals surface area contributed by atoms with Crippen molar-refractivity contribution in [2.75, 3.05) is 18.2 Å². The Balaban J connectivity index is 1.70. The lowest BCUT2D eigenvalue weighted by Gasteiger charge is -2.42. The molecule has 3 aromatic rings. The van der Waals surface area contributed by atoms with Gasteiger partial charge in [0, 0.05) is 6.04 Å². The Morgan fingerprint density at radius 2 is 1.81 bits per heavy atom. The number of benzene rings is 2.